The van der Waals surface area contributed by atoms with Crippen LogP contribution in [-0.2, 0) is 19.5 Å². The number of amides is 1. The summed E-state index contributed by atoms with van der Waals surface area (Å²) in [6.07, 6.45) is 5.53. The van der Waals surface area contributed by atoms with Crippen LogP contribution in [0.25, 0.3) is 16.6 Å². The van der Waals surface area contributed by atoms with Crippen molar-refractivity contribution in [3.63, 3.8) is 0 Å². The van der Waals surface area contributed by atoms with Crippen molar-refractivity contribution in [3.8, 4) is 5.88 Å². The normalized spacial score (nSPS) is 20.3. The Hall–Kier alpha value is -5.76. The monoisotopic (exact) mass is 979 g/mol. The number of benzene rings is 3. The molecule has 364 valence electrons. The van der Waals surface area contributed by atoms with Gasteiger partial charge in [0.25, 0.3) is 21.6 Å². The van der Waals surface area contributed by atoms with Crippen molar-refractivity contribution in [2.45, 2.75) is 56.6 Å². The molecule has 0 spiro atoms. The molecule has 1 atom stereocenters. The number of allylic oxidation sites excluding steroid dienone is 1. The number of ether oxygens (including phenoxy) is 3. The largest absolute Gasteiger partial charge is 0.474 e. The van der Waals surface area contributed by atoms with Gasteiger partial charge in [0, 0.05) is 80.7 Å². The van der Waals surface area contributed by atoms with E-state index in [4.69, 9.17) is 30.8 Å². The van der Waals surface area contributed by atoms with Crippen LogP contribution in [0, 0.1) is 15.5 Å². The summed E-state index contributed by atoms with van der Waals surface area (Å²) >= 11 is 6.27. The SMILES string of the molecule is CC1(C)CCC(CN2CCN(c3ccc(C(=O)NS(=O)(=O)c4ccc(NCC[C@H]5CN(C6COC6)CCO5)c([N+](=O)[O-])c4)c(N4CCOc5nc6[nH]ccc6cc54)c3)CC2)=C(c2ccc(Cl)cc2)C1. The lowest BCUT2D eigenvalue weighted by Crippen LogP contribution is -2.55. The van der Waals surface area contributed by atoms with E-state index in [1.165, 1.54) is 28.8 Å². The Morgan fingerprint density at radius 1 is 0.971 bits per heavy atom. The maximum absolute atomic E-state index is 14.4. The Morgan fingerprint density at radius 3 is 2.55 bits per heavy atom. The van der Waals surface area contributed by atoms with Gasteiger partial charge < -0.3 is 34.3 Å². The summed E-state index contributed by atoms with van der Waals surface area (Å²) in [6.45, 7) is 13.3. The van der Waals surface area contributed by atoms with Gasteiger partial charge in [0.2, 0.25) is 5.88 Å². The summed E-state index contributed by atoms with van der Waals surface area (Å²) in [5, 5.41) is 17.0. The quantitative estimate of drug-likeness (QED) is 0.0735. The number of carbonyl (C=O) groups excluding carboxylic acids is 1. The van der Waals surface area contributed by atoms with E-state index in [2.05, 4.69) is 55.7 Å². The van der Waals surface area contributed by atoms with Crippen LogP contribution in [0.3, 0.4) is 0 Å². The van der Waals surface area contributed by atoms with Gasteiger partial charge in [-0.1, -0.05) is 43.2 Å². The van der Waals surface area contributed by atoms with E-state index >= 15 is 0 Å². The molecule has 0 bridgehead atoms. The first-order valence-electron chi connectivity index (χ1n) is 23.8. The molecule has 3 saturated heterocycles. The van der Waals surface area contributed by atoms with E-state index in [1.807, 2.05) is 41.3 Å². The van der Waals surface area contributed by atoms with Crippen molar-refractivity contribution in [2.24, 2.45) is 5.41 Å². The third kappa shape index (κ3) is 10.3. The first kappa shape index (κ1) is 46.9. The highest BCUT2D eigenvalue weighted by molar-refractivity contribution is 7.90. The Kier molecular flexibility index (Phi) is 13.3. The lowest BCUT2D eigenvalue weighted by molar-refractivity contribution is -0.384. The maximum atomic E-state index is 14.4. The van der Waals surface area contributed by atoms with Gasteiger partial charge in [-0.15, -0.1) is 0 Å². The molecule has 69 heavy (non-hydrogen) atoms. The van der Waals surface area contributed by atoms with Crippen LogP contribution in [0.4, 0.5) is 28.4 Å². The zero-order valence-electron chi connectivity index (χ0n) is 38.9. The highest BCUT2D eigenvalue weighted by Gasteiger charge is 2.34. The van der Waals surface area contributed by atoms with Crippen molar-refractivity contribution in [2.75, 3.05) is 100 Å². The number of hydrogen-bond acceptors (Lipinski definition) is 14. The molecular formula is C50H58ClN9O8S. The third-order valence-corrected chi connectivity index (χ3v) is 15.7. The molecule has 1 aliphatic carbocycles. The van der Waals surface area contributed by atoms with Crippen LogP contribution >= 0.6 is 11.6 Å². The summed E-state index contributed by atoms with van der Waals surface area (Å²) in [6, 6.07) is 21.5. The van der Waals surface area contributed by atoms with Crippen LogP contribution in [0.2, 0.25) is 5.02 Å². The number of pyridine rings is 1. The molecule has 5 aliphatic rings. The summed E-state index contributed by atoms with van der Waals surface area (Å²) in [4.78, 5) is 42.6. The molecule has 19 heteroatoms. The van der Waals surface area contributed by atoms with E-state index in [-0.39, 0.29) is 29.4 Å². The minimum absolute atomic E-state index is 0.0559. The molecule has 6 heterocycles. The minimum atomic E-state index is -4.59. The van der Waals surface area contributed by atoms with Crippen LogP contribution in [0.5, 0.6) is 5.88 Å². The Bertz CT molecular complexity index is 2880. The molecule has 4 aliphatic heterocycles. The van der Waals surface area contributed by atoms with Crippen LogP contribution < -0.4 is 24.6 Å². The van der Waals surface area contributed by atoms with Gasteiger partial charge in [0.05, 0.1) is 59.6 Å². The molecule has 1 amide bonds. The van der Waals surface area contributed by atoms with E-state index in [0.717, 1.165) is 87.2 Å². The molecule has 0 radical (unpaired) electrons. The summed E-state index contributed by atoms with van der Waals surface area (Å²) in [5.74, 6) is -0.504. The average Bonchev–Trinajstić information content (AvgIpc) is 3.78. The van der Waals surface area contributed by atoms with Gasteiger partial charge in [0.1, 0.15) is 23.6 Å². The number of carbonyl (C=O) groups is 1. The fraction of sp³-hybridized carbons (Fsp3) is 0.440. The molecule has 3 fully saturated rings. The molecule has 10 rings (SSSR count). The lowest BCUT2D eigenvalue weighted by atomic mass is 9.72. The van der Waals surface area contributed by atoms with Gasteiger partial charge in [0.15, 0.2) is 0 Å². The highest BCUT2D eigenvalue weighted by atomic mass is 35.5. The number of H-pyrrole nitrogens is 1. The first-order valence-corrected chi connectivity index (χ1v) is 25.6. The standard InChI is InChI=1S/C50H58ClN9O8S/c1-50(2)14-11-35(42(28-50)33-3-5-36(51)6-4-33)29-56-17-19-57(20-18-56)37-7-9-41(44(26-37)59-22-24-68-49-46(59)25-34-12-15-53-47(34)54-49)48(61)55-69(64,65)40-8-10-43(45(27-40)60(62)63)52-16-13-39-30-58(21-23-67-39)38-31-66-32-38/h3-10,12,15,25-27,38-39,52H,11,13-14,16-24,28-32H2,1-2H3,(H,53,54)(H,55,61)/t39-/m0/s1. The number of sulfonamides is 1. The number of piperazine rings is 1. The van der Waals surface area contributed by atoms with Gasteiger partial charge in [-0.3, -0.25) is 24.7 Å². The summed E-state index contributed by atoms with van der Waals surface area (Å²) in [7, 11) is -4.59. The van der Waals surface area contributed by atoms with Crippen LogP contribution in [0.1, 0.15) is 55.5 Å². The zero-order chi connectivity index (χ0) is 47.9. The summed E-state index contributed by atoms with van der Waals surface area (Å²) < 4.78 is 47.5. The Morgan fingerprint density at radius 2 is 1.78 bits per heavy atom. The molecule has 17 nitrogen and oxygen atoms in total. The van der Waals surface area contributed by atoms with E-state index in [1.54, 1.807) is 12.3 Å². The fourth-order valence-electron chi connectivity index (χ4n) is 10.2. The van der Waals surface area contributed by atoms with Gasteiger partial charge in [-0.05, 0) is 96.8 Å². The maximum Gasteiger partial charge on any atom is 0.293 e. The van der Waals surface area contributed by atoms with Crippen molar-refractivity contribution >= 4 is 72.6 Å². The van der Waals surface area contributed by atoms with Crippen LogP contribution in [0.15, 0.2) is 89.5 Å². The molecule has 0 unspecified atom stereocenters. The van der Waals surface area contributed by atoms with E-state index in [9.17, 15) is 23.3 Å². The second kappa shape index (κ2) is 19.6. The molecule has 3 N–H and O–H groups in total. The Balaban J connectivity index is 0.874. The molecule has 3 aromatic carbocycles. The smallest absolute Gasteiger partial charge is 0.293 e. The number of hydrogen-bond donors (Lipinski definition) is 3. The van der Waals surface area contributed by atoms with Crippen molar-refractivity contribution < 1.29 is 32.3 Å². The third-order valence-electron chi connectivity index (χ3n) is 14.2. The van der Waals surface area contributed by atoms with E-state index in [0.29, 0.717) is 68.3 Å². The van der Waals surface area contributed by atoms with Crippen molar-refractivity contribution in [3.05, 3.63) is 111 Å². The number of nitro benzene ring substituents is 1. The number of morpholine rings is 1. The number of halogens is 1. The molecular weight excluding hydrogens is 922 g/mol. The number of aromatic amines is 1. The van der Waals surface area contributed by atoms with Gasteiger partial charge in [-0.2, -0.15) is 4.98 Å². The van der Waals surface area contributed by atoms with Gasteiger partial charge >= 0.3 is 0 Å². The van der Waals surface area contributed by atoms with Crippen LogP contribution in [-0.4, -0.2) is 136 Å². The van der Waals surface area contributed by atoms with Crippen molar-refractivity contribution in [1.29, 1.82) is 0 Å². The average molecular weight is 981 g/mol. The minimum Gasteiger partial charge on any atom is -0.474 e. The second-order valence-corrected chi connectivity index (χ2v) is 21.5. The number of rotatable bonds is 14. The predicted molar refractivity (Wildman–Crippen MR) is 266 cm³/mol. The fourth-order valence-corrected chi connectivity index (χ4v) is 11.3. The van der Waals surface area contributed by atoms with E-state index < -0.39 is 31.4 Å². The molecule has 2 aromatic heterocycles. The predicted octanol–water partition coefficient (Wildman–Crippen LogP) is 7.46. The number of nitrogens with zero attached hydrogens (tertiary/aromatic N) is 6. The second-order valence-electron chi connectivity index (χ2n) is 19.4. The highest BCUT2D eigenvalue weighted by Crippen LogP contribution is 2.44. The zero-order valence-corrected chi connectivity index (χ0v) is 40.5. The molecule has 0 saturated carbocycles. The number of nitrogens with one attached hydrogen (secondary N) is 3. The number of fused-ring (bicyclic) bond motifs is 2. The lowest BCUT2D eigenvalue weighted by Gasteiger charge is -2.42. The number of anilines is 4. The van der Waals surface area contributed by atoms with Crippen molar-refractivity contribution in [1.82, 2.24) is 24.5 Å². The number of nitro groups is 1. The first-order chi connectivity index (χ1) is 33.3. The molecule has 5 aromatic rings. The Labute approximate surface area is 406 Å². The van der Waals surface area contributed by atoms with Gasteiger partial charge in [-0.25, -0.2) is 13.1 Å². The summed E-state index contributed by atoms with van der Waals surface area (Å²) in [5.41, 5.74) is 6.82. The number of aromatic nitrogens is 2. The topological polar surface area (TPSA) is 188 Å².